The van der Waals surface area contributed by atoms with Crippen LogP contribution < -0.4 is 11.1 Å². The number of rotatable bonds is 2. The molecule has 3 N–H and O–H groups in total. The summed E-state index contributed by atoms with van der Waals surface area (Å²) < 4.78 is 0. The Kier molecular flexibility index (Phi) is 2.45. The molecular weight excluding hydrogens is 88.1 g/mol. The fraction of sp³-hybridized carbons (Fsp3) is 0.600. The third kappa shape index (κ3) is 5.50. The van der Waals surface area contributed by atoms with Gasteiger partial charge in [-0.3, -0.25) is 0 Å². The molecule has 7 heavy (non-hydrogen) atoms. The van der Waals surface area contributed by atoms with Gasteiger partial charge in [0.2, 0.25) is 0 Å². The van der Waals surface area contributed by atoms with Crippen molar-refractivity contribution in [3.63, 3.8) is 0 Å². The number of allylic oxidation sites excluding steroid dienone is 1. The van der Waals surface area contributed by atoms with Crippen LogP contribution >= 0.6 is 0 Å². The van der Waals surface area contributed by atoms with Crippen molar-refractivity contribution in [1.82, 2.24) is 5.32 Å². The highest BCUT2D eigenvalue weighted by atomic mass is 15.0. The smallest absolute Gasteiger partial charge is 0.0711 e. The van der Waals surface area contributed by atoms with Gasteiger partial charge in [-0.05, 0) is 13.8 Å². The van der Waals surface area contributed by atoms with E-state index >= 15 is 0 Å². The minimum atomic E-state index is 0.0255. The molecule has 0 rings (SSSR count). The molecule has 0 aliphatic rings. The summed E-state index contributed by atoms with van der Waals surface area (Å²) >= 11 is 0. The van der Waals surface area contributed by atoms with E-state index in [9.17, 15) is 0 Å². The van der Waals surface area contributed by atoms with Crippen molar-refractivity contribution >= 4 is 0 Å². The second kappa shape index (κ2) is 2.64. The van der Waals surface area contributed by atoms with Gasteiger partial charge in [-0.2, -0.15) is 0 Å². The third-order valence-electron chi connectivity index (χ3n) is 0.474. The fourth-order valence-corrected chi connectivity index (χ4v) is 0.389. The van der Waals surface area contributed by atoms with Gasteiger partial charge < -0.3 is 11.1 Å². The summed E-state index contributed by atoms with van der Waals surface area (Å²) in [5, 5.41) is 2.89. The maximum Gasteiger partial charge on any atom is 0.0711 e. The number of hydrogen-bond acceptors (Lipinski definition) is 2. The molecule has 0 fully saturated rings. The summed E-state index contributed by atoms with van der Waals surface area (Å²) in [4.78, 5) is 0. The van der Waals surface area contributed by atoms with E-state index in [1.165, 1.54) is 0 Å². The zero-order chi connectivity index (χ0) is 5.86. The molecule has 42 valence electrons. The van der Waals surface area contributed by atoms with Gasteiger partial charge in [0.1, 0.15) is 0 Å². The van der Waals surface area contributed by atoms with Crippen molar-refractivity contribution in [3.8, 4) is 0 Å². The Morgan fingerprint density at radius 2 is 2.29 bits per heavy atom. The molecule has 0 unspecified atom stereocenters. The summed E-state index contributed by atoms with van der Waals surface area (Å²) in [5.74, 6) is 0. The molecule has 0 aromatic rings. The SMILES string of the molecule is C=C(C)N[C@H](C)N. The molecule has 0 amide bonds. The molecule has 0 aliphatic heterocycles. The average Bonchev–Trinajstić information content (AvgIpc) is 1.27. The summed E-state index contributed by atoms with van der Waals surface area (Å²) in [7, 11) is 0. The molecule has 1 atom stereocenters. The van der Waals surface area contributed by atoms with E-state index in [4.69, 9.17) is 5.73 Å². The van der Waals surface area contributed by atoms with E-state index < -0.39 is 0 Å². The van der Waals surface area contributed by atoms with Crippen LogP contribution in [0.15, 0.2) is 12.3 Å². The minimum absolute atomic E-state index is 0.0255. The van der Waals surface area contributed by atoms with E-state index in [2.05, 4.69) is 11.9 Å². The van der Waals surface area contributed by atoms with Crippen LogP contribution in [0, 0.1) is 0 Å². The number of nitrogens with one attached hydrogen (secondary N) is 1. The lowest BCUT2D eigenvalue weighted by atomic mass is 10.5. The van der Waals surface area contributed by atoms with E-state index in [0.717, 1.165) is 5.70 Å². The van der Waals surface area contributed by atoms with Crippen LogP contribution in [0.4, 0.5) is 0 Å². The quantitative estimate of drug-likeness (QED) is 0.493. The highest BCUT2D eigenvalue weighted by molar-refractivity contribution is 4.85. The van der Waals surface area contributed by atoms with E-state index in [0.29, 0.717) is 0 Å². The Morgan fingerprint density at radius 1 is 1.86 bits per heavy atom. The maximum atomic E-state index is 5.32. The van der Waals surface area contributed by atoms with Gasteiger partial charge in [0, 0.05) is 5.70 Å². The van der Waals surface area contributed by atoms with Gasteiger partial charge in [0.25, 0.3) is 0 Å². The monoisotopic (exact) mass is 100 g/mol. The maximum absolute atomic E-state index is 5.32. The highest BCUT2D eigenvalue weighted by Gasteiger charge is 1.85. The first-order chi connectivity index (χ1) is 3.13. The average molecular weight is 100 g/mol. The largest absolute Gasteiger partial charge is 0.374 e. The fourth-order valence-electron chi connectivity index (χ4n) is 0.389. The van der Waals surface area contributed by atoms with E-state index in [1.807, 2.05) is 13.8 Å². The zero-order valence-corrected chi connectivity index (χ0v) is 4.86. The lowest BCUT2D eigenvalue weighted by Gasteiger charge is -2.06. The first-order valence-corrected chi connectivity index (χ1v) is 2.30. The van der Waals surface area contributed by atoms with Crippen LogP contribution in [0.3, 0.4) is 0 Å². The summed E-state index contributed by atoms with van der Waals surface area (Å²) in [5.41, 5.74) is 6.23. The predicted molar refractivity (Wildman–Crippen MR) is 31.6 cm³/mol. The molecule has 0 aliphatic carbocycles. The topological polar surface area (TPSA) is 38.0 Å². The zero-order valence-electron chi connectivity index (χ0n) is 4.86. The molecule has 0 spiro atoms. The van der Waals surface area contributed by atoms with Crippen LogP contribution in [0.1, 0.15) is 13.8 Å². The first kappa shape index (κ1) is 6.50. The molecule has 2 nitrogen and oxygen atoms in total. The van der Waals surface area contributed by atoms with Gasteiger partial charge in [-0.25, -0.2) is 0 Å². The molecule has 0 saturated carbocycles. The van der Waals surface area contributed by atoms with E-state index in [1.54, 1.807) is 0 Å². The first-order valence-electron chi connectivity index (χ1n) is 2.30. The molecule has 0 aromatic carbocycles. The Morgan fingerprint density at radius 3 is 2.29 bits per heavy atom. The molecule has 0 aromatic heterocycles. The van der Waals surface area contributed by atoms with E-state index in [-0.39, 0.29) is 6.17 Å². The number of hydrogen-bond donors (Lipinski definition) is 2. The van der Waals surface area contributed by atoms with Crippen LogP contribution in [0.25, 0.3) is 0 Å². The van der Waals surface area contributed by atoms with Crippen molar-refractivity contribution < 1.29 is 0 Å². The van der Waals surface area contributed by atoms with Gasteiger partial charge >= 0.3 is 0 Å². The normalized spacial score (nSPS) is 13.0. The summed E-state index contributed by atoms with van der Waals surface area (Å²) in [6.07, 6.45) is 0.0255. The minimum Gasteiger partial charge on any atom is -0.374 e. The van der Waals surface area contributed by atoms with Gasteiger partial charge in [-0.15, -0.1) is 0 Å². The van der Waals surface area contributed by atoms with Crippen LogP contribution in [-0.4, -0.2) is 6.17 Å². The van der Waals surface area contributed by atoms with Crippen molar-refractivity contribution in [2.75, 3.05) is 0 Å². The van der Waals surface area contributed by atoms with Crippen molar-refractivity contribution in [3.05, 3.63) is 12.3 Å². The van der Waals surface area contributed by atoms with Crippen LogP contribution in [0.2, 0.25) is 0 Å². The Hall–Kier alpha value is -0.500. The molecule has 0 heterocycles. The van der Waals surface area contributed by atoms with Crippen molar-refractivity contribution in [2.24, 2.45) is 5.73 Å². The second-order valence-corrected chi connectivity index (χ2v) is 1.71. The molecule has 0 saturated heterocycles. The van der Waals surface area contributed by atoms with Crippen molar-refractivity contribution in [1.29, 1.82) is 0 Å². The van der Waals surface area contributed by atoms with Gasteiger partial charge in [-0.1, -0.05) is 6.58 Å². The van der Waals surface area contributed by atoms with Gasteiger partial charge in [0.15, 0.2) is 0 Å². The Balaban J connectivity index is 3.13. The summed E-state index contributed by atoms with van der Waals surface area (Å²) in [6, 6.07) is 0. The number of nitrogens with two attached hydrogens (primary N) is 1. The Labute approximate surface area is 44.4 Å². The lowest BCUT2D eigenvalue weighted by molar-refractivity contribution is 0.643. The molecule has 0 bridgehead atoms. The highest BCUT2D eigenvalue weighted by Crippen LogP contribution is 1.77. The third-order valence-corrected chi connectivity index (χ3v) is 0.474. The standard InChI is InChI=1S/C5H12N2/c1-4(2)7-5(3)6/h5,7H,1,6H2,2-3H3/t5-/m1/s1. The van der Waals surface area contributed by atoms with Crippen LogP contribution in [0.5, 0.6) is 0 Å². The molecule has 2 heteroatoms. The van der Waals surface area contributed by atoms with Crippen LogP contribution in [-0.2, 0) is 0 Å². The predicted octanol–water partition coefficient (Wildman–Crippen LogP) is 0.414. The summed E-state index contributed by atoms with van der Waals surface area (Å²) in [6.45, 7) is 7.35. The van der Waals surface area contributed by atoms with Crippen molar-refractivity contribution in [2.45, 2.75) is 20.0 Å². The molecular formula is C5H12N2. The lowest BCUT2D eigenvalue weighted by Crippen LogP contribution is -2.32. The van der Waals surface area contributed by atoms with Gasteiger partial charge in [0.05, 0.1) is 6.17 Å². The second-order valence-electron chi connectivity index (χ2n) is 1.71. The Bertz CT molecular complexity index is 66.5. The molecule has 0 radical (unpaired) electrons.